The molecule has 6 heteroatoms. The van der Waals surface area contributed by atoms with E-state index in [0.717, 1.165) is 24.9 Å². The molecule has 2 amide bonds. The van der Waals surface area contributed by atoms with Crippen molar-refractivity contribution >= 4 is 28.3 Å². The first-order valence-electron chi connectivity index (χ1n) is 8.24. The van der Waals surface area contributed by atoms with Gasteiger partial charge in [0.1, 0.15) is 5.69 Å². The van der Waals surface area contributed by atoms with Gasteiger partial charge in [0.05, 0.1) is 6.42 Å². The van der Waals surface area contributed by atoms with Gasteiger partial charge in [0.15, 0.2) is 5.13 Å². The second-order valence-corrected chi connectivity index (χ2v) is 6.95. The molecule has 126 valence electrons. The monoisotopic (exact) mass is 343 g/mol. The predicted octanol–water partition coefficient (Wildman–Crippen LogP) is 3.34. The maximum absolute atomic E-state index is 12.6. The summed E-state index contributed by atoms with van der Waals surface area (Å²) in [6.07, 6.45) is 3.55. The zero-order valence-electron chi connectivity index (χ0n) is 13.7. The Balaban J connectivity index is 1.60. The van der Waals surface area contributed by atoms with E-state index in [2.05, 4.69) is 17.2 Å². The zero-order chi connectivity index (χ0) is 16.9. The molecular weight excluding hydrogens is 322 g/mol. The number of aromatic nitrogens is 1. The SMILES string of the molecule is CC1CCCCN1C(=O)c1csc(NC(=O)Cc2ccccc2)n1. The normalized spacial score (nSPS) is 17.5. The average molecular weight is 343 g/mol. The van der Waals surface area contributed by atoms with Crippen LogP contribution in [0.5, 0.6) is 0 Å². The summed E-state index contributed by atoms with van der Waals surface area (Å²) in [7, 11) is 0. The predicted molar refractivity (Wildman–Crippen MR) is 95.2 cm³/mol. The van der Waals surface area contributed by atoms with E-state index in [1.807, 2.05) is 35.2 Å². The molecule has 0 radical (unpaired) electrons. The van der Waals surface area contributed by atoms with Gasteiger partial charge >= 0.3 is 0 Å². The molecule has 1 aliphatic rings. The first-order chi connectivity index (χ1) is 11.6. The Morgan fingerprint density at radius 2 is 2.08 bits per heavy atom. The first kappa shape index (κ1) is 16.6. The van der Waals surface area contributed by atoms with Gasteiger partial charge in [-0.3, -0.25) is 9.59 Å². The zero-order valence-corrected chi connectivity index (χ0v) is 14.5. The fraction of sp³-hybridized carbons (Fsp3) is 0.389. The summed E-state index contributed by atoms with van der Waals surface area (Å²) in [5.41, 5.74) is 1.37. The highest BCUT2D eigenvalue weighted by Crippen LogP contribution is 2.22. The number of carbonyl (C=O) groups excluding carboxylic acids is 2. The molecule has 1 N–H and O–H groups in total. The fourth-order valence-electron chi connectivity index (χ4n) is 2.92. The van der Waals surface area contributed by atoms with Crippen molar-refractivity contribution in [2.24, 2.45) is 0 Å². The van der Waals surface area contributed by atoms with Crippen molar-refractivity contribution in [3.63, 3.8) is 0 Å². The number of carbonyl (C=O) groups is 2. The van der Waals surface area contributed by atoms with E-state index in [1.54, 1.807) is 5.38 Å². The van der Waals surface area contributed by atoms with E-state index in [-0.39, 0.29) is 17.9 Å². The van der Waals surface area contributed by atoms with Crippen molar-refractivity contribution < 1.29 is 9.59 Å². The van der Waals surface area contributed by atoms with Gasteiger partial charge in [-0.15, -0.1) is 11.3 Å². The molecule has 1 aromatic carbocycles. The summed E-state index contributed by atoms with van der Waals surface area (Å²) in [5, 5.41) is 4.98. The van der Waals surface area contributed by atoms with Crippen LogP contribution in [-0.2, 0) is 11.2 Å². The Hall–Kier alpha value is -2.21. The lowest BCUT2D eigenvalue weighted by Crippen LogP contribution is -2.42. The van der Waals surface area contributed by atoms with Crippen molar-refractivity contribution in [2.75, 3.05) is 11.9 Å². The van der Waals surface area contributed by atoms with Gasteiger partial charge in [-0.05, 0) is 31.7 Å². The van der Waals surface area contributed by atoms with E-state index in [1.165, 1.54) is 17.8 Å². The van der Waals surface area contributed by atoms with Crippen molar-refractivity contribution in [3.8, 4) is 0 Å². The lowest BCUT2D eigenvalue weighted by Gasteiger charge is -2.32. The minimum atomic E-state index is -0.124. The molecule has 1 unspecified atom stereocenters. The lowest BCUT2D eigenvalue weighted by molar-refractivity contribution is -0.115. The van der Waals surface area contributed by atoms with E-state index in [4.69, 9.17) is 0 Å². The lowest BCUT2D eigenvalue weighted by atomic mass is 10.0. The molecule has 24 heavy (non-hydrogen) atoms. The van der Waals surface area contributed by atoms with Crippen LogP contribution in [0.15, 0.2) is 35.7 Å². The second-order valence-electron chi connectivity index (χ2n) is 6.09. The molecule has 3 rings (SSSR count). The molecule has 1 saturated heterocycles. The number of nitrogens with one attached hydrogen (secondary N) is 1. The highest BCUT2D eigenvalue weighted by Gasteiger charge is 2.26. The molecule has 1 aliphatic heterocycles. The van der Waals surface area contributed by atoms with Crippen molar-refractivity contribution in [1.82, 2.24) is 9.88 Å². The maximum atomic E-state index is 12.6. The Kier molecular flexibility index (Phi) is 5.25. The number of thiazole rings is 1. The number of rotatable bonds is 4. The molecule has 1 atom stereocenters. The van der Waals surface area contributed by atoms with Gasteiger partial charge < -0.3 is 10.2 Å². The number of likely N-dealkylation sites (tertiary alicyclic amines) is 1. The van der Waals surface area contributed by atoms with Gasteiger partial charge in [0.25, 0.3) is 5.91 Å². The minimum Gasteiger partial charge on any atom is -0.335 e. The van der Waals surface area contributed by atoms with E-state index in [0.29, 0.717) is 17.2 Å². The van der Waals surface area contributed by atoms with Crippen LogP contribution in [0.1, 0.15) is 42.2 Å². The molecule has 0 spiro atoms. The second kappa shape index (κ2) is 7.57. The molecule has 0 bridgehead atoms. The third-order valence-corrected chi connectivity index (χ3v) is 5.00. The van der Waals surface area contributed by atoms with Crippen molar-refractivity contribution in [1.29, 1.82) is 0 Å². The number of amides is 2. The molecule has 0 saturated carbocycles. The quantitative estimate of drug-likeness (QED) is 0.926. The highest BCUT2D eigenvalue weighted by molar-refractivity contribution is 7.14. The Morgan fingerprint density at radius 1 is 1.29 bits per heavy atom. The Labute approximate surface area is 145 Å². The summed E-state index contributed by atoms with van der Waals surface area (Å²) in [6, 6.07) is 9.80. The summed E-state index contributed by atoms with van der Waals surface area (Å²) in [6.45, 7) is 2.86. The number of nitrogens with zero attached hydrogens (tertiary/aromatic N) is 2. The van der Waals surface area contributed by atoms with Crippen molar-refractivity contribution in [3.05, 3.63) is 47.0 Å². The van der Waals surface area contributed by atoms with Crippen LogP contribution >= 0.6 is 11.3 Å². The number of hydrogen-bond donors (Lipinski definition) is 1. The maximum Gasteiger partial charge on any atom is 0.273 e. The molecular formula is C18H21N3O2S. The first-order valence-corrected chi connectivity index (χ1v) is 9.12. The van der Waals surface area contributed by atoms with Gasteiger partial charge in [0, 0.05) is 18.0 Å². The van der Waals surface area contributed by atoms with Crippen LogP contribution in [0.4, 0.5) is 5.13 Å². The molecule has 5 nitrogen and oxygen atoms in total. The smallest absolute Gasteiger partial charge is 0.273 e. The molecule has 0 aliphatic carbocycles. The molecule has 2 heterocycles. The van der Waals surface area contributed by atoms with Gasteiger partial charge in [-0.1, -0.05) is 30.3 Å². The third kappa shape index (κ3) is 4.00. The topological polar surface area (TPSA) is 62.3 Å². The third-order valence-electron chi connectivity index (χ3n) is 4.24. The van der Waals surface area contributed by atoms with E-state index >= 15 is 0 Å². The van der Waals surface area contributed by atoms with Gasteiger partial charge in [0.2, 0.25) is 5.91 Å². The minimum absolute atomic E-state index is 0.0398. The van der Waals surface area contributed by atoms with E-state index in [9.17, 15) is 9.59 Å². The highest BCUT2D eigenvalue weighted by atomic mass is 32.1. The molecule has 2 aromatic rings. The van der Waals surface area contributed by atoms with Crippen molar-refractivity contribution in [2.45, 2.75) is 38.6 Å². The Bertz CT molecular complexity index is 714. The van der Waals surface area contributed by atoms with Gasteiger partial charge in [-0.25, -0.2) is 4.98 Å². The Morgan fingerprint density at radius 3 is 2.83 bits per heavy atom. The standard InChI is InChI=1S/C18H21N3O2S/c1-13-7-5-6-10-21(13)17(23)15-12-24-18(19-15)20-16(22)11-14-8-3-2-4-9-14/h2-4,8-9,12-13H,5-7,10-11H2,1H3,(H,19,20,22). The van der Waals surface area contributed by atoms with Crippen LogP contribution < -0.4 is 5.32 Å². The average Bonchev–Trinajstić information content (AvgIpc) is 3.04. The summed E-state index contributed by atoms with van der Waals surface area (Å²) < 4.78 is 0. The van der Waals surface area contributed by atoms with Gasteiger partial charge in [-0.2, -0.15) is 0 Å². The number of anilines is 1. The van der Waals surface area contributed by atoms with Crippen LogP contribution in [0, 0.1) is 0 Å². The fourth-order valence-corrected chi connectivity index (χ4v) is 3.62. The van der Waals surface area contributed by atoms with Crippen LogP contribution in [-0.4, -0.2) is 34.3 Å². The molecule has 1 fully saturated rings. The largest absolute Gasteiger partial charge is 0.335 e. The summed E-state index contributed by atoms with van der Waals surface area (Å²) in [4.78, 5) is 30.8. The number of piperidine rings is 1. The number of benzene rings is 1. The van der Waals surface area contributed by atoms with Crippen LogP contribution in [0.2, 0.25) is 0 Å². The number of hydrogen-bond acceptors (Lipinski definition) is 4. The summed E-state index contributed by atoms with van der Waals surface area (Å²) in [5.74, 6) is -0.164. The van der Waals surface area contributed by atoms with E-state index < -0.39 is 0 Å². The summed E-state index contributed by atoms with van der Waals surface area (Å²) >= 11 is 1.29. The van der Waals surface area contributed by atoms with Crippen LogP contribution in [0.3, 0.4) is 0 Å². The van der Waals surface area contributed by atoms with Crippen LogP contribution in [0.25, 0.3) is 0 Å². The molecule has 1 aromatic heterocycles.